The first kappa shape index (κ1) is 19.0. The number of nitriles is 1. The molecule has 0 saturated carbocycles. The van der Waals surface area contributed by atoms with Gasteiger partial charge in [-0.2, -0.15) is 5.26 Å². The van der Waals surface area contributed by atoms with Gasteiger partial charge < -0.3 is 10.2 Å². The molecule has 0 unspecified atom stereocenters. The second-order valence-electron chi connectivity index (χ2n) is 5.39. The molecule has 0 aliphatic rings. The Morgan fingerprint density at radius 3 is 2.24 bits per heavy atom. The van der Waals surface area contributed by atoms with Crippen LogP contribution in [0.1, 0.15) is 19.4 Å². The summed E-state index contributed by atoms with van der Waals surface area (Å²) in [5, 5.41) is 12.1. The minimum Gasteiger partial charge on any atom is -0.372 e. The molecule has 0 saturated heterocycles. The van der Waals surface area contributed by atoms with Crippen molar-refractivity contribution in [1.29, 1.82) is 5.26 Å². The molecule has 2 aromatic rings. The normalized spacial score (nSPS) is 10.9. The number of carbonyl (C=O) groups excluding carboxylic acids is 1. The lowest BCUT2D eigenvalue weighted by Crippen LogP contribution is -2.21. The van der Waals surface area contributed by atoms with Crippen molar-refractivity contribution in [3.63, 3.8) is 0 Å². The highest BCUT2D eigenvalue weighted by atomic mass is 127. The van der Waals surface area contributed by atoms with Crippen LogP contribution in [0.5, 0.6) is 0 Å². The number of nitrogens with zero attached hydrogens (tertiary/aromatic N) is 2. The number of benzene rings is 2. The topological polar surface area (TPSA) is 56.1 Å². The van der Waals surface area contributed by atoms with Crippen LogP contribution >= 0.6 is 22.6 Å². The van der Waals surface area contributed by atoms with E-state index in [1.807, 2.05) is 54.6 Å². The summed E-state index contributed by atoms with van der Waals surface area (Å²) in [5.41, 5.74) is 2.70. The first-order chi connectivity index (χ1) is 12.1. The summed E-state index contributed by atoms with van der Waals surface area (Å²) in [7, 11) is 0. The predicted molar refractivity (Wildman–Crippen MR) is 111 cm³/mol. The van der Waals surface area contributed by atoms with Crippen LogP contribution in [0.25, 0.3) is 6.08 Å². The Morgan fingerprint density at radius 1 is 1.12 bits per heavy atom. The molecule has 0 aromatic heterocycles. The van der Waals surface area contributed by atoms with Gasteiger partial charge in [-0.05, 0) is 84.5 Å². The molecular weight excluding hydrogens is 425 g/mol. The SMILES string of the molecule is CCN(CC)c1ccc(/C=C(/C#N)C(=O)Nc2ccc(I)cc2)cc1. The van der Waals surface area contributed by atoms with Crippen molar-refractivity contribution in [1.82, 2.24) is 0 Å². The zero-order valence-corrected chi connectivity index (χ0v) is 16.4. The number of nitrogens with one attached hydrogen (secondary N) is 1. The highest BCUT2D eigenvalue weighted by Gasteiger charge is 2.10. The van der Waals surface area contributed by atoms with Crippen molar-refractivity contribution >= 4 is 45.9 Å². The number of halogens is 1. The maximum absolute atomic E-state index is 12.3. The first-order valence-corrected chi connectivity index (χ1v) is 9.19. The van der Waals surface area contributed by atoms with Gasteiger partial charge in [0, 0.05) is 28.0 Å². The number of hydrogen-bond donors (Lipinski definition) is 1. The number of carbonyl (C=O) groups is 1. The van der Waals surface area contributed by atoms with E-state index in [9.17, 15) is 10.1 Å². The maximum Gasteiger partial charge on any atom is 0.266 e. The van der Waals surface area contributed by atoms with Crippen molar-refractivity contribution in [2.24, 2.45) is 0 Å². The summed E-state index contributed by atoms with van der Waals surface area (Å²) in [6.45, 7) is 6.10. The van der Waals surface area contributed by atoms with Crippen LogP contribution in [-0.2, 0) is 4.79 Å². The molecule has 25 heavy (non-hydrogen) atoms. The molecule has 0 aliphatic heterocycles. The smallest absolute Gasteiger partial charge is 0.266 e. The lowest BCUT2D eigenvalue weighted by atomic mass is 10.1. The largest absolute Gasteiger partial charge is 0.372 e. The van der Waals surface area contributed by atoms with Gasteiger partial charge in [-0.1, -0.05) is 12.1 Å². The second-order valence-corrected chi connectivity index (χ2v) is 6.64. The van der Waals surface area contributed by atoms with Gasteiger partial charge >= 0.3 is 0 Å². The number of rotatable bonds is 6. The molecule has 5 heteroatoms. The fourth-order valence-electron chi connectivity index (χ4n) is 2.42. The Bertz CT molecular complexity index is 785. The molecule has 128 valence electrons. The molecule has 0 fully saturated rings. The molecule has 0 aliphatic carbocycles. The highest BCUT2D eigenvalue weighted by Crippen LogP contribution is 2.17. The van der Waals surface area contributed by atoms with E-state index >= 15 is 0 Å². The van der Waals surface area contributed by atoms with Gasteiger partial charge in [-0.15, -0.1) is 0 Å². The molecule has 4 nitrogen and oxygen atoms in total. The van der Waals surface area contributed by atoms with Gasteiger partial charge in [-0.25, -0.2) is 0 Å². The van der Waals surface area contributed by atoms with Gasteiger partial charge in [0.05, 0.1) is 0 Å². The van der Waals surface area contributed by atoms with Gasteiger partial charge in [0.1, 0.15) is 11.6 Å². The first-order valence-electron chi connectivity index (χ1n) is 8.11. The molecule has 2 aromatic carbocycles. The van der Waals surface area contributed by atoms with E-state index in [4.69, 9.17) is 0 Å². The Morgan fingerprint density at radius 2 is 1.72 bits per heavy atom. The molecule has 0 atom stereocenters. The average molecular weight is 445 g/mol. The van der Waals surface area contributed by atoms with Crippen LogP contribution in [0.15, 0.2) is 54.1 Å². The molecule has 0 bridgehead atoms. The van der Waals surface area contributed by atoms with Crippen LogP contribution in [0.2, 0.25) is 0 Å². The molecule has 0 heterocycles. The van der Waals surface area contributed by atoms with E-state index in [1.165, 1.54) is 0 Å². The van der Waals surface area contributed by atoms with E-state index in [2.05, 4.69) is 46.7 Å². The van der Waals surface area contributed by atoms with Gasteiger partial charge in [-0.3, -0.25) is 4.79 Å². The Balaban J connectivity index is 2.14. The Labute approximate surface area is 162 Å². The summed E-state index contributed by atoms with van der Waals surface area (Å²) >= 11 is 2.20. The maximum atomic E-state index is 12.3. The average Bonchev–Trinajstić information content (AvgIpc) is 2.63. The van der Waals surface area contributed by atoms with Crippen LogP contribution in [0.3, 0.4) is 0 Å². The fourth-order valence-corrected chi connectivity index (χ4v) is 2.78. The summed E-state index contributed by atoms with van der Waals surface area (Å²) in [6, 6.07) is 17.3. The lowest BCUT2D eigenvalue weighted by molar-refractivity contribution is -0.112. The Kier molecular flexibility index (Phi) is 7.02. The molecule has 0 radical (unpaired) electrons. The summed E-state index contributed by atoms with van der Waals surface area (Å²) in [6.07, 6.45) is 1.61. The molecular formula is C20H20IN3O. The highest BCUT2D eigenvalue weighted by molar-refractivity contribution is 14.1. The van der Waals surface area contributed by atoms with Gasteiger partial charge in [0.15, 0.2) is 0 Å². The minimum absolute atomic E-state index is 0.0779. The standard InChI is InChI=1S/C20H20IN3O/c1-3-24(4-2)19-11-5-15(6-12-19)13-16(14-22)20(25)23-18-9-7-17(21)8-10-18/h5-13H,3-4H2,1-2H3,(H,23,25)/b16-13-. The molecule has 1 amide bonds. The molecule has 1 N–H and O–H groups in total. The second kappa shape index (κ2) is 9.23. The Hall–Kier alpha value is -2.33. The van der Waals surface area contributed by atoms with Crippen LogP contribution in [0.4, 0.5) is 11.4 Å². The van der Waals surface area contributed by atoms with E-state index < -0.39 is 5.91 Å². The lowest BCUT2D eigenvalue weighted by Gasteiger charge is -2.20. The van der Waals surface area contributed by atoms with Crippen molar-refractivity contribution in [3.05, 3.63) is 63.2 Å². The van der Waals surface area contributed by atoms with Crippen molar-refractivity contribution in [2.75, 3.05) is 23.3 Å². The summed E-state index contributed by atoms with van der Waals surface area (Å²) in [5.74, 6) is -0.406. The fraction of sp³-hybridized carbons (Fsp3) is 0.200. The third-order valence-electron chi connectivity index (χ3n) is 3.80. The van der Waals surface area contributed by atoms with E-state index in [0.29, 0.717) is 5.69 Å². The molecule has 2 rings (SSSR count). The van der Waals surface area contributed by atoms with Crippen molar-refractivity contribution in [3.8, 4) is 6.07 Å². The van der Waals surface area contributed by atoms with Crippen molar-refractivity contribution < 1.29 is 4.79 Å². The number of anilines is 2. The van der Waals surface area contributed by atoms with E-state index in [-0.39, 0.29) is 5.57 Å². The summed E-state index contributed by atoms with van der Waals surface area (Å²) in [4.78, 5) is 14.5. The van der Waals surface area contributed by atoms with E-state index in [0.717, 1.165) is 27.9 Å². The zero-order chi connectivity index (χ0) is 18.2. The minimum atomic E-state index is -0.406. The summed E-state index contributed by atoms with van der Waals surface area (Å²) < 4.78 is 1.08. The number of amides is 1. The zero-order valence-electron chi connectivity index (χ0n) is 14.3. The monoisotopic (exact) mass is 445 g/mol. The third kappa shape index (κ3) is 5.33. The van der Waals surface area contributed by atoms with Crippen LogP contribution in [0, 0.1) is 14.9 Å². The quantitative estimate of drug-likeness (QED) is 0.399. The van der Waals surface area contributed by atoms with Gasteiger partial charge in [0.2, 0.25) is 0 Å². The van der Waals surface area contributed by atoms with Gasteiger partial charge in [0.25, 0.3) is 5.91 Å². The number of hydrogen-bond acceptors (Lipinski definition) is 3. The van der Waals surface area contributed by atoms with Crippen LogP contribution in [-0.4, -0.2) is 19.0 Å². The predicted octanol–water partition coefficient (Wildman–Crippen LogP) is 4.68. The van der Waals surface area contributed by atoms with Crippen LogP contribution < -0.4 is 10.2 Å². The third-order valence-corrected chi connectivity index (χ3v) is 4.52. The van der Waals surface area contributed by atoms with Crippen molar-refractivity contribution in [2.45, 2.75) is 13.8 Å². The van der Waals surface area contributed by atoms with E-state index in [1.54, 1.807) is 6.08 Å². The molecule has 0 spiro atoms.